The second-order valence-electron chi connectivity index (χ2n) is 6.90. The molecule has 1 unspecified atom stereocenters. The van der Waals surface area contributed by atoms with Crippen molar-refractivity contribution >= 4 is 5.91 Å². The zero-order chi connectivity index (χ0) is 16.5. The molecule has 4 heterocycles. The van der Waals surface area contributed by atoms with Crippen molar-refractivity contribution in [1.29, 1.82) is 0 Å². The molecule has 6 heteroatoms. The lowest BCUT2D eigenvalue weighted by Gasteiger charge is -2.35. The fourth-order valence-corrected chi connectivity index (χ4v) is 4.17. The number of hydrogen-bond donors (Lipinski definition) is 0. The van der Waals surface area contributed by atoms with Crippen molar-refractivity contribution in [2.24, 2.45) is 5.92 Å². The van der Waals surface area contributed by atoms with E-state index in [0.29, 0.717) is 11.8 Å². The average Bonchev–Trinajstić information content (AvgIpc) is 3.29. The zero-order valence-corrected chi connectivity index (χ0v) is 14.3. The van der Waals surface area contributed by atoms with Crippen molar-refractivity contribution in [2.45, 2.75) is 51.6 Å². The maximum atomic E-state index is 12.9. The summed E-state index contributed by atoms with van der Waals surface area (Å²) in [4.78, 5) is 19.3. The van der Waals surface area contributed by atoms with Gasteiger partial charge in [0.05, 0.1) is 0 Å². The number of fused-ring (bicyclic) bond motifs is 1. The van der Waals surface area contributed by atoms with E-state index < -0.39 is 0 Å². The van der Waals surface area contributed by atoms with Gasteiger partial charge < -0.3 is 9.47 Å². The minimum Gasteiger partial charge on any atom is -0.342 e. The minimum absolute atomic E-state index is 0.109. The molecule has 0 N–H and O–H groups in total. The molecule has 0 radical (unpaired) electrons. The smallest absolute Gasteiger partial charge is 0.226 e. The molecule has 2 aromatic heterocycles. The molecule has 0 aromatic carbocycles. The van der Waals surface area contributed by atoms with Crippen molar-refractivity contribution < 1.29 is 4.79 Å². The maximum absolute atomic E-state index is 12.9. The first-order valence-corrected chi connectivity index (χ1v) is 9.06. The zero-order valence-electron chi connectivity index (χ0n) is 14.3. The van der Waals surface area contributed by atoms with E-state index >= 15 is 0 Å². The van der Waals surface area contributed by atoms with Gasteiger partial charge in [-0.25, -0.2) is 4.98 Å². The molecule has 4 rings (SSSR count). The van der Waals surface area contributed by atoms with Crippen LogP contribution in [-0.2, 0) is 24.3 Å². The van der Waals surface area contributed by atoms with Crippen LogP contribution in [0.4, 0.5) is 0 Å². The number of hydrogen-bond acceptors (Lipinski definition) is 3. The summed E-state index contributed by atoms with van der Waals surface area (Å²) in [6.45, 7) is 5.68. The monoisotopic (exact) mass is 327 g/mol. The molecule has 1 atom stereocenters. The first-order chi connectivity index (χ1) is 11.8. The van der Waals surface area contributed by atoms with E-state index in [2.05, 4.69) is 37.2 Å². The summed E-state index contributed by atoms with van der Waals surface area (Å²) in [5.74, 6) is 2.02. The molecular formula is C18H25N5O. The van der Waals surface area contributed by atoms with Crippen molar-refractivity contribution in [3.63, 3.8) is 0 Å². The van der Waals surface area contributed by atoms with Crippen molar-refractivity contribution in [1.82, 2.24) is 24.2 Å². The molecule has 0 bridgehead atoms. The lowest BCUT2D eigenvalue weighted by atomic mass is 9.91. The Labute approximate surface area is 142 Å². The van der Waals surface area contributed by atoms with Crippen LogP contribution in [0.1, 0.15) is 43.6 Å². The number of rotatable bonds is 3. The summed E-state index contributed by atoms with van der Waals surface area (Å²) in [5.41, 5.74) is 1.32. The third-order valence-electron chi connectivity index (χ3n) is 5.57. The molecule has 2 aliphatic heterocycles. The fraction of sp³-hybridized carbons (Fsp3) is 0.611. The van der Waals surface area contributed by atoms with Crippen LogP contribution in [0.25, 0.3) is 0 Å². The number of nitrogens with zero attached hydrogens (tertiary/aromatic N) is 5. The van der Waals surface area contributed by atoms with Gasteiger partial charge in [-0.15, -0.1) is 0 Å². The van der Waals surface area contributed by atoms with Gasteiger partial charge in [0.15, 0.2) is 0 Å². The largest absolute Gasteiger partial charge is 0.342 e. The third kappa shape index (κ3) is 2.74. The molecule has 1 amide bonds. The lowest BCUT2D eigenvalue weighted by molar-refractivity contribution is -0.137. The van der Waals surface area contributed by atoms with Crippen molar-refractivity contribution in [3.8, 4) is 0 Å². The summed E-state index contributed by atoms with van der Waals surface area (Å²) in [5, 5.41) is 4.38. The van der Waals surface area contributed by atoms with Crippen LogP contribution in [0.5, 0.6) is 0 Å². The Morgan fingerprint density at radius 2 is 2.04 bits per heavy atom. The standard InChI is InChI=1S/C18H25N5O/c1-2-23-16(3-7-20-23)14-4-10-22(11-5-14)18(24)15-6-9-21-12-8-19-17(21)13-15/h3,7-8,12,14-15H,2,4-6,9-11,13H2,1H3. The van der Waals surface area contributed by atoms with Crippen LogP contribution in [0.15, 0.2) is 24.7 Å². The van der Waals surface area contributed by atoms with Crippen LogP contribution >= 0.6 is 0 Å². The molecule has 1 fully saturated rings. The van der Waals surface area contributed by atoms with Crippen LogP contribution < -0.4 is 0 Å². The van der Waals surface area contributed by atoms with Gasteiger partial charge in [-0.1, -0.05) is 0 Å². The fourth-order valence-electron chi connectivity index (χ4n) is 4.17. The maximum Gasteiger partial charge on any atom is 0.226 e. The molecule has 2 aromatic rings. The third-order valence-corrected chi connectivity index (χ3v) is 5.57. The topological polar surface area (TPSA) is 56.0 Å². The summed E-state index contributed by atoms with van der Waals surface area (Å²) in [7, 11) is 0. The van der Waals surface area contributed by atoms with Gasteiger partial charge in [-0.2, -0.15) is 5.10 Å². The molecule has 128 valence electrons. The Morgan fingerprint density at radius 3 is 2.83 bits per heavy atom. The second kappa shape index (κ2) is 6.42. The molecular weight excluding hydrogens is 302 g/mol. The summed E-state index contributed by atoms with van der Waals surface area (Å²) < 4.78 is 4.25. The van der Waals surface area contributed by atoms with E-state index in [1.54, 1.807) is 0 Å². The van der Waals surface area contributed by atoms with E-state index in [4.69, 9.17) is 0 Å². The van der Waals surface area contributed by atoms with Gasteiger partial charge >= 0.3 is 0 Å². The van der Waals surface area contributed by atoms with Gasteiger partial charge in [0, 0.05) is 68.7 Å². The van der Waals surface area contributed by atoms with Crippen LogP contribution in [0.2, 0.25) is 0 Å². The van der Waals surface area contributed by atoms with E-state index in [-0.39, 0.29) is 5.92 Å². The van der Waals surface area contributed by atoms with Crippen LogP contribution in [0, 0.1) is 5.92 Å². The highest BCUT2D eigenvalue weighted by Crippen LogP contribution is 2.30. The number of carbonyl (C=O) groups is 1. The van der Waals surface area contributed by atoms with Gasteiger partial charge in [0.2, 0.25) is 5.91 Å². The van der Waals surface area contributed by atoms with Gasteiger partial charge in [-0.3, -0.25) is 9.48 Å². The first kappa shape index (κ1) is 15.4. The lowest BCUT2D eigenvalue weighted by Crippen LogP contribution is -2.43. The summed E-state index contributed by atoms with van der Waals surface area (Å²) in [6.07, 6.45) is 9.54. The quantitative estimate of drug-likeness (QED) is 0.867. The molecule has 24 heavy (non-hydrogen) atoms. The number of piperidine rings is 1. The SMILES string of the molecule is CCn1nccc1C1CCN(C(=O)C2CCn3ccnc3C2)CC1. The van der Waals surface area contributed by atoms with E-state index in [1.165, 1.54) is 5.69 Å². The Bertz CT molecular complexity index is 711. The first-order valence-electron chi connectivity index (χ1n) is 9.06. The number of likely N-dealkylation sites (tertiary alicyclic amines) is 1. The van der Waals surface area contributed by atoms with E-state index in [1.807, 2.05) is 18.6 Å². The van der Waals surface area contributed by atoms with Gasteiger partial charge in [0.1, 0.15) is 5.82 Å². The number of imidazole rings is 1. The second-order valence-corrected chi connectivity index (χ2v) is 6.90. The molecule has 6 nitrogen and oxygen atoms in total. The Balaban J connectivity index is 1.37. The Morgan fingerprint density at radius 1 is 1.21 bits per heavy atom. The molecule has 1 saturated heterocycles. The number of aromatic nitrogens is 4. The molecule has 0 aliphatic carbocycles. The predicted molar refractivity (Wildman–Crippen MR) is 90.5 cm³/mol. The van der Waals surface area contributed by atoms with Crippen LogP contribution in [0.3, 0.4) is 0 Å². The molecule has 0 saturated carbocycles. The number of aryl methyl sites for hydroxylation is 2. The summed E-state index contributed by atoms with van der Waals surface area (Å²) >= 11 is 0. The molecule has 2 aliphatic rings. The number of amides is 1. The normalized spacial score (nSPS) is 21.7. The highest BCUT2D eigenvalue weighted by molar-refractivity contribution is 5.79. The molecule has 0 spiro atoms. The van der Waals surface area contributed by atoms with E-state index in [0.717, 1.165) is 57.7 Å². The van der Waals surface area contributed by atoms with Crippen molar-refractivity contribution in [3.05, 3.63) is 36.2 Å². The van der Waals surface area contributed by atoms with E-state index in [9.17, 15) is 4.79 Å². The average molecular weight is 327 g/mol. The highest BCUT2D eigenvalue weighted by Gasteiger charge is 2.32. The van der Waals surface area contributed by atoms with Crippen LogP contribution in [-0.4, -0.2) is 43.2 Å². The number of carbonyl (C=O) groups excluding carboxylic acids is 1. The summed E-state index contributed by atoms with van der Waals surface area (Å²) in [6, 6.07) is 2.13. The van der Waals surface area contributed by atoms with Gasteiger partial charge in [-0.05, 0) is 32.3 Å². The Kier molecular flexibility index (Phi) is 4.12. The Hall–Kier alpha value is -2.11. The predicted octanol–water partition coefficient (Wildman–Crippen LogP) is 2.07. The minimum atomic E-state index is 0.109. The van der Waals surface area contributed by atoms with Gasteiger partial charge in [0.25, 0.3) is 0 Å². The highest BCUT2D eigenvalue weighted by atomic mass is 16.2. The van der Waals surface area contributed by atoms with Crippen molar-refractivity contribution in [2.75, 3.05) is 13.1 Å².